The van der Waals surface area contributed by atoms with Crippen LogP contribution in [-0.2, 0) is 4.79 Å². The highest BCUT2D eigenvalue weighted by Gasteiger charge is 2.54. The van der Waals surface area contributed by atoms with Crippen LogP contribution in [0, 0.1) is 50.7 Å². The highest BCUT2D eigenvalue weighted by molar-refractivity contribution is 8.26. The molecule has 2 aliphatic rings. The molecule has 6 nitrogen and oxygen atoms in total. The Kier molecular flexibility index (Phi) is 3.82. The van der Waals surface area contributed by atoms with Crippen molar-refractivity contribution in [3.05, 3.63) is 0 Å². The van der Waals surface area contributed by atoms with Gasteiger partial charge in [0.15, 0.2) is 0 Å². The fraction of sp³-hybridized carbons (Fsp3) is 0.615. The van der Waals surface area contributed by atoms with Crippen LogP contribution >= 0.6 is 11.8 Å². The summed E-state index contributed by atoms with van der Waals surface area (Å²) < 4.78 is 0. The number of hydrogen-bond acceptors (Lipinski definition) is 6. The van der Waals surface area contributed by atoms with E-state index in [1.165, 1.54) is 6.92 Å². The normalized spacial score (nSPS) is 28.9. The van der Waals surface area contributed by atoms with Crippen LogP contribution in [0.5, 0.6) is 0 Å². The third-order valence-electron chi connectivity index (χ3n) is 4.29. The summed E-state index contributed by atoms with van der Waals surface area (Å²) in [7, 11) is 0. The van der Waals surface area contributed by atoms with Gasteiger partial charge in [-0.1, -0.05) is 11.8 Å². The lowest BCUT2D eigenvalue weighted by Gasteiger charge is -2.48. The first-order valence-electron chi connectivity index (χ1n) is 6.35. The molecule has 0 aromatic heterocycles. The summed E-state index contributed by atoms with van der Waals surface area (Å²) in [4.78, 5) is 13.1. The van der Waals surface area contributed by atoms with E-state index in [2.05, 4.69) is 12.1 Å². The first kappa shape index (κ1) is 14.5. The number of carbonyl (C=O) groups is 1. The Morgan fingerprint density at radius 3 is 2.05 bits per heavy atom. The molecule has 0 aromatic rings. The molecule has 1 amide bonds. The van der Waals surface area contributed by atoms with Crippen molar-refractivity contribution in [3.8, 4) is 12.1 Å². The first-order chi connectivity index (χ1) is 9.46. The fourth-order valence-corrected chi connectivity index (χ4v) is 4.16. The van der Waals surface area contributed by atoms with E-state index in [0.717, 1.165) is 11.8 Å². The van der Waals surface area contributed by atoms with Crippen LogP contribution in [0.1, 0.15) is 19.8 Å². The standard InChI is InChI=1S/C13H15N5OS/c1-8(19)18-4-2-13(3-5-18)9(6-14)11(16)20-12(17)10(13)7-15/h9-10,16-17H,2-5H2,1H3. The molecule has 0 aliphatic carbocycles. The molecule has 2 aliphatic heterocycles. The molecule has 7 heteroatoms. The third-order valence-corrected chi connectivity index (χ3v) is 5.20. The molecule has 2 atom stereocenters. The van der Waals surface area contributed by atoms with E-state index in [1.54, 1.807) is 4.90 Å². The Bertz CT molecular complexity index is 516. The SMILES string of the molecule is CC(=O)N1CCC2(CC1)C(C#N)C(=N)SC(=N)C2C#N. The Balaban J connectivity index is 2.36. The fourth-order valence-electron chi connectivity index (χ4n) is 3.11. The van der Waals surface area contributed by atoms with Gasteiger partial charge in [-0.15, -0.1) is 0 Å². The van der Waals surface area contributed by atoms with Crippen molar-refractivity contribution in [3.63, 3.8) is 0 Å². The molecule has 0 radical (unpaired) electrons. The van der Waals surface area contributed by atoms with Crippen LogP contribution < -0.4 is 0 Å². The zero-order chi connectivity index (χ0) is 14.9. The molecule has 2 unspecified atom stereocenters. The second kappa shape index (κ2) is 5.26. The van der Waals surface area contributed by atoms with Gasteiger partial charge in [-0.2, -0.15) is 10.5 Å². The summed E-state index contributed by atoms with van der Waals surface area (Å²) in [5.74, 6) is -1.32. The van der Waals surface area contributed by atoms with Crippen LogP contribution in [0.25, 0.3) is 0 Å². The molecular weight excluding hydrogens is 274 g/mol. The number of rotatable bonds is 0. The summed E-state index contributed by atoms with van der Waals surface area (Å²) >= 11 is 0.922. The van der Waals surface area contributed by atoms with E-state index in [-0.39, 0.29) is 16.0 Å². The summed E-state index contributed by atoms with van der Waals surface area (Å²) in [6.07, 6.45) is 0.989. The molecule has 2 fully saturated rings. The maximum absolute atomic E-state index is 11.4. The lowest BCUT2D eigenvalue weighted by atomic mass is 9.62. The Labute approximate surface area is 121 Å². The number of piperidine rings is 1. The Morgan fingerprint density at radius 1 is 1.25 bits per heavy atom. The molecule has 0 saturated carbocycles. The van der Waals surface area contributed by atoms with Gasteiger partial charge >= 0.3 is 0 Å². The van der Waals surface area contributed by atoms with E-state index in [9.17, 15) is 15.3 Å². The minimum atomic E-state index is -0.686. The number of nitrogens with one attached hydrogen (secondary N) is 2. The maximum atomic E-state index is 11.4. The highest BCUT2D eigenvalue weighted by atomic mass is 32.2. The molecule has 2 N–H and O–H groups in total. The van der Waals surface area contributed by atoms with Gasteiger partial charge < -0.3 is 4.90 Å². The smallest absolute Gasteiger partial charge is 0.219 e. The topological polar surface area (TPSA) is 116 Å². The van der Waals surface area contributed by atoms with E-state index in [1.807, 2.05) is 0 Å². The molecule has 0 bridgehead atoms. The van der Waals surface area contributed by atoms with Crippen LogP contribution in [0.4, 0.5) is 0 Å². The summed E-state index contributed by atoms with van der Waals surface area (Å²) in [5, 5.41) is 35.0. The maximum Gasteiger partial charge on any atom is 0.219 e. The van der Waals surface area contributed by atoms with Gasteiger partial charge in [-0.05, 0) is 12.8 Å². The minimum absolute atomic E-state index is 0.0165. The van der Waals surface area contributed by atoms with Gasteiger partial charge in [0.25, 0.3) is 0 Å². The van der Waals surface area contributed by atoms with E-state index < -0.39 is 17.3 Å². The number of carbonyl (C=O) groups excluding carboxylic acids is 1. The number of nitriles is 2. The van der Waals surface area contributed by atoms with E-state index in [4.69, 9.17) is 10.8 Å². The van der Waals surface area contributed by atoms with Crippen molar-refractivity contribution in [1.82, 2.24) is 4.90 Å². The van der Waals surface area contributed by atoms with Crippen LogP contribution in [0.3, 0.4) is 0 Å². The monoisotopic (exact) mass is 289 g/mol. The zero-order valence-corrected chi connectivity index (χ0v) is 12.0. The molecule has 2 heterocycles. The van der Waals surface area contributed by atoms with Gasteiger partial charge in [0.05, 0.1) is 22.2 Å². The van der Waals surface area contributed by atoms with Gasteiger partial charge in [0.1, 0.15) is 11.8 Å². The van der Waals surface area contributed by atoms with Gasteiger partial charge in [-0.3, -0.25) is 15.6 Å². The number of amides is 1. The lowest BCUT2D eigenvalue weighted by Crippen LogP contribution is -2.53. The van der Waals surface area contributed by atoms with Gasteiger partial charge in [0, 0.05) is 25.4 Å². The zero-order valence-electron chi connectivity index (χ0n) is 11.1. The highest BCUT2D eigenvalue weighted by Crippen LogP contribution is 2.52. The van der Waals surface area contributed by atoms with Crippen molar-refractivity contribution in [2.75, 3.05) is 13.1 Å². The summed E-state index contributed by atoms with van der Waals surface area (Å²) in [5.41, 5.74) is -0.686. The molecule has 20 heavy (non-hydrogen) atoms. The number of nitrogens with zero attached hydrogens (tertiary/aromatic N) is 3. The molecule has 104 valence electrons. The quantitative estimate of drug-likeness (QED) is 0.704. The molecule has 2 saturated heterocycles. The van der Waals surface area contributed by atoms with Crippen LogP contribution in [-0.4, -0.2) is 34.0 Å². The molecular formula is C13H15N5OS. The average Bonchev–Trinajstić information content (AvgIpc) is 2.39. The Hall–Kier alpha value is -1.86. The summed E-state index contributed by atoms with van der Waals surface area (Å²) in [6.45, 7) is 2.47. The van der Waals surface area contributed by atoms with Gasteiger partial charge in [-0.25, -0.2) is 0 Å². The molecule has 2 rings (SSSR count). The predicted molar refractivity (Wildman–Crippen MR) is 75.2 cm³/mol. The van der Waals surface area contributed by atoms with Crippen LogP contribution in [0.15, 0.2) is 0 Å². The minimum Gasteiger partial charge on any atom is -0.343 e. The van der Waals surface area contributed by atoms with Crippen molar-refractivity contribution in [2.24, 2.45) is 17.3 Å². The summed E-state index contributed by atoms with van der Waals surface area (Å²) in [6, 6.07) is 4.29. The Morgan fingerprint density at radius 2 is 1.70 bits per heavy atom. The van der Waals surface area contributed by atoms with Gasteiger partial charge in [0.2, 0.25) is 5.91 Å². The number of thioether (sulfide) groups is 1. The van der Waals surface area contributed by atoms with Crippen molar-refractivity contribution in [2.45, 2.75) is 19.8 Å². The average molecular weight is 289 g/mol. The molecule has 1 spiro atoms. The van der Waals surface area contributed by atoms with Crippen molar-refractivity contribution >= 4 is 27.8 Å². The van der Waals surface area contributed by atoms with Crippen molar-refractivity contribution in [1.29, 1.82) is 21.3 Å². The third kappa shape index (κ3) is 2.08. The second-order valence-corrected chi connectivity index (χ2v) is 6.28. The van der Waals surface area contributed by atoms with Crippen LogP contribution in [0.2, 0.25) is 0 Å². The number of hydrogen-bond donors (Lipinski definition) is 2. The first-order valence-corrected chi connectivity index (χ1v) is 7.17. The predicted octanol–water partition coefficient (Wildman–Crippen LogP) is 1.60. The largest absolute Gasteiger partial charge is 0.343 e. The second-order valence-electron chi connectivity index (χ2n) is 5.19. The van der Waals surface area contributed by atoms with E-state index >= 15 is 0 Å². The van der Waals surface area contributed by atoms with Crippen molar-refractivity contribution < 1.29 is 4.79 Å². The number of likely N-dealkylation sites (tertiary alicyclic amines) is 1. The van der Waals surface area contributed by atoms with E-state index in [0.29, 0.717) is 25.9 Å². The lowest BCUT2D eigenvalue weighted by molar-refractivity contribution is -0.131. The molecule has 0 aromatic carbocycles.